The zero-order valence-corrected chi connectivity index (χ0v) is 17.2. The molecule has 0 aliphatic rings. The Hall–Kier alpha value is -2.51. The Bertz CT molecular complexity index is 1000. The average molecular weight is 445 g/mol. The smallest absolute Gasteiger partial charge is 0.338 e. The van der Waals surface area contributed by atoms with Crippen molar-refractivity contribution in [1.82, 2.24) is 4.98 Å². The zero-order chi connectivity index (χ0) is 19.4. The number of hydrogen-bond donors (Lipinski definition) is 1. The summed E-state index contributed by atoms with van der Waals surface area (Å²) in [5, 5.41) is 4.98. The highest BCUT2D eigenvalue weighted by Crippen LogP contribution is 2.26. The van der Waals surface area contributed by atoms with Crippen LogP contribution >= 0.6 is 27.3 Å². The fraction of sp³-hybridized carbons (Fsp3) is 0.150. The van der Waals surface area contributed by atoms with Gasteiger partial charge < -0.3 is 4.74 Å². The van der Waals surface area contributed by atoms with Crippen molar-refractivity contribution in [3.05, 3.63) is 69.0 Å². The Morgan fingerprint density at radius 2 is 2.00 bits per heavy atom. The minimum Gasteiger partial charge on any atom is -0.452 e. The van der Waals surface area contributed by atoms with E-state index < -0.39 is 11.9 Å². The Morgan fingerprint density at radius 1 is 1.19 bits per heavy atom. The van der Waals surface area contributed by atoms with Crippen molar-refractivity contribution in [1.29, 1.82) is 0 Å². The van der Waals surface area contributed by atoms with E-state index in [0.29, 0.717) is 10.7 Å². The van der Waals surface area contributed by atoms with Crippen LogP contribution in [0.5, 0.6) is 0 Å². The van der Waals surface area contributed by atoms with Crippen molar-refractivity contribution in [3.63, 3.8) is 0 Å². The Morgan fingerprint density at radius 3 is 2.78 bits per heavy atom. The monoisotopic (exact) mass is 444 g/mol. The molecule has 5 nitrogen and oxygen atoms in total. The molecule has 0 saturated heterocycles. The molecule has 0 fully saturated rings. The first kappa shape index (κ1) is 19.3. The summed E-state index contributed by atoms with van der Waals surface area (Å²) in [4.78, 5) is 28.6. The zero-order valence-electron chi connectivity index (χ0n) is 14.8. The number of halogens is 1. The number of hydrogen-bond acceptors (Lipinski definition) is 5. The van der Waals surface area contributed by atoms with E-state index in [1.807, 2.05) is 55.6 Å². The molecule has 7 heteroatoms. The summed E-state index contributed by atoms with van der Waals surface area (Å²) in [7, 11) is 0. The molecule has 0 aliphatic carbocycles. The molecule has 27 heavy (non-hydrogen) atoms. The first-order valence-electron chi connectivity index (χ1n) is 8.18. The molecule has 1 amide bonds. The van der Waals surface area contributed by atoms with Gasteiger partial charge in [0.25, 0.3) is 5.91 Å². The van der Waals surface area contributed by atoms with Crippen LogP contribution < -0.4 is 5.32 Å². The maximum Gasteiger partial charge on any atom is 0.338 e. The molecule has 0 radical (unpaired) electrons. The number of amides is 1. The van der Waals surface area contributed by atoms with Crippen LogP contribution in [0.15, 0.2) is 52.3 Å². The molecule has 0 bridgehead atoms. The van der Waals surface area contributed by atoms with Gasteiger partial charge in [0.2, 0.25) is 0 Å². The predicted octanol–water partition coefficient (Wildman–Crippen LogP) is 4.98. The molecule has 0 atom stereocenters. The summed E-state index contributed by atoms with van der Waals surface area (Å²) in [5.41, 5.74) is 3.95. The number of esters is 1. The number of benzene rings is 2. The second kappa shape index (κ2) is 8.45. The third kappa shape index (κ3) is 5.02. The van der Waals surface area contributed by atoms with Gasteiger partial charge in [-0.2, -0.15) is 0 Å². The fourth-order valence-electron chi connectivity index (χ4n) is 2.43. The third-order valence-corrected chi connectivity index (χ3v) is 5.07. The molecule has 0 saturated carbocycles. The van der Waals surface area contributed by atoms with Gasteiger partial charge in [-0.3, -0.25) is 10.1 Å². The number of carbonyl (C=O) groups excluding carboxylic acids is 2. The molecule has 0 spiro atoms. The van der Waals surface area contributed by atoms with E-state index in [4.69, 9.17) is 4.74 Å². The third-order valence-electron chi connectivity index (χ3n) is 3.82. The molecule has 1 aromatic heterocycles. The van der Waals surface area contributed by atoms with Crippen LogP contribution in [0.25, 0.3) is 11.3 Å². The van der Waals surface area contributed by atoms with Crippen LogP contribution in [-0.4, -0.2) is 23.5 Å². The van der Waals surface area contributed by atoms with E-state index in [1.54, 1.807) is 6.07 Å². The maximum absolute atomic E-state index is 12.2. The van der Waals surface area contributed by atoms with Crippen LogP contribution in [0, 0.1) is 13.8 Å². The first-order valence-corrected chi connectivity index (χ1v) is 9.85. The number of rotatable bonds is 5. The summed E-state index contributed by atoms with van der Waals surface area (Å²) in [6.07, 6.45) is 0. The van der Waals surface area contributed by atoms with Crippen LogP contribution in [-0.2, 0) is 9.53 Å². The minimum atomic E-state index is -0.514. The molecule has 0 aliphatic heterocycles. The summed E-state index contributed by atoms with van der Waals surface area (Å²) in [5.74, 6) is -0.941. The molecule has 1 heterocycles. The van der Waals surface area contributed by atoms with E-state index in [2.05, 4.69) is 26.2 Å². The summed E-state index contributed by atoms with van der Waals surface area (Å²) < 4.78 is 6.08. The van der Waals surface area contributed by atoms with Crippen molar-refractivity contribution in [2.75, 3.05) is 11.9 Å². The molecular formula is C20H17BrN2O3S. The Labute approximate surface area is 169 Å². The number of carbonyl (C=O) groups is 2. The number of thiazole rings is 1. The normalized spacial score (nSPS) is 10.5. The summed E-state index contributed by atoms with van der Waals surface area (Å²) in [6.45, 7) is 3.36. The molecular weight excluding hydrogens is 428 g/mol. The lowest BCUT2D eigenvalue weighted by Gasteiger charge is -2.07. The van der Waals surface area contributed by atoms with Gasteiger partial charge in [-0.15, -0.1) is 11.3 Å². The molecule has 0 unspecified atom stereocenters. The van der Waals surface area contributed by atoms with Crippen LogP contribution in [0.2, 0.25) is 0 Å². The SMILES string of the molecule is Cc1ccc(C)c(C(=O)OCC(=O)Nc2nc(-c3cccc(Br)c3)cs2)c1. The first-order chi connectivity index (χ1) is 12.9. The molecule has 1 N–H and O–H groups in total. The van der Waals surface area contributed by atoms with Gasteiger partial charge in [0.05, 0.1) is 11.3 Å². The van der Waals surface area contributed by atoms with Gasteiger partial charge >= 0.3 is 5.97 Å². The largest absolute Gasteiger partial charge is 0.452 e. The van der Waals surface area contributed by atoms with Crippen molar-refractivity contribution in [2.24, 2.45) is 0 Å². The van der Waals surface area contributed by atoms with Crippen molar-refractivity contribution in [2.45, 2.75) is 13.8 Å². The molecule has 3 rings (SSSR count). The standard InChI is InChI=1S/C20H17BrN2O3S/c1-12-6-7-13(2)16(8-12)19(25)26-10-18(24)23-20-22-17(11-27-20)14-4-3-5-15(21)9-14/h3-9,11H,10H2,1-2H3,(H,22,23,24). The number of aromatic nitrogens is 1. The van der Waals surface area contributed by atoms with Gasteiger partial charge in [0.1, 0.15) is 0 Å². The number of anilines is 1. The van der Waals surface area contributed by atoms with Gasteiger partial charge in [-0.05, 0) is 37.6 Å². The summed E-state index contributed by atoms with van der Waals surface area (Å²) in [6, 6.07) is 13.3. The fourth-order valence-corrected chi connectivity index (χ4v) is 3.57. The van der Waals surface area contributed by atoms with Crippen LogP contribution in [0.4, 0.5) is 5.13 Å². The minimum absolute atomic E-state index is 0.363. The van der Waals surface area contributed by atoms with Crippen molar-refractivity contribution in [3.8, 4) is 11.3 Å². The predicted molar refractivity (Wildman–Crippen MR) is 110 cm³/mol. The van der Waals surface area contributed by atoms with E-state index in [1.165, 1.54) is 11.3 Å². The lowest BCUT2D eigenvalue weighted by atomic mass is 10.1. The average Bonchev–Trinajstić information content (AvgIpc) is 3.10. The van der Waals surface area contributed by atoms with Crippen LogP contribution in [0.3, 0.4) is 0 Å². The lowest BCUT2D eigenvalue weighted by molar-refractivity contribution is -0.119. The molecule has 2 aromatic carbocycles. The Kier molecular flexibility index (Phi) is 6.03. The highest BCUT2D eigenvalue weighted by molar-refractivity contribution is 9.10. The Balaban J connectivity index is 1.58. The van der Waals surface area contributed by atoms with Crippen LogP contribution in [0.1, 0.15) is 21.5 Å². The second-order valence-electron chi connectivity index (χ2n) is 5.99. The summed E-state index contributed by atoms with van der Waals surface area (Å²) >= 11 is 4.74. The van der Waals surface area contributed by atoms with Gasteiger partial charge in [0, 0.05) is 15.4 Å². The van der Waals surface area contributed by atoms with Crippen molar-refractivity contribution >= 4 is 44.3 Å². The lowest BCUT2D eigenvalue weighted by Crippen LogP contribution is -2.21. The second-order valence-corrected chi connectivity index (χ2v) is 7.76. The topological polar surface area (TPSA) is 68.3 Å². The number of aryl methyl sites for hydroxylation is 2. The van der Waals surface area contributed by atoms with E-state index >= 15 is 0 Å². The highest BCUT2D eigenvalue weighted by Gasteiger charge is 2.14. The quantitative estimate of drug-likeness (QED) is 0.563. The van der Waals surface area contributed by atoms with E-state index in [-0.39, 0.29) is 6.61 Å². The number of nitrogens with one attached hydrogen (secondary N) is 1. The molecule has 138 valence electrons. The number of ether oxygens (including phenoxy) is 1. The van der Waals surface area contributed by atoms with Gasteiger partial charge in [-0.1, -0.05) is 45.8 Å². The number of nitrogens with zero attached hydrogens (tertiary/aromatic N) is 1. The highest BCUT2D eigenvalue weighted by atomic mass is 79.9. The van der Waals surface area contributed by atoms with E-state index in [0.717, 1.165) is 26.9 Å². The van der Waals surface area contributed by atoms with Crippen molar-refractivity contribution < 1.29 is 14.3 Å². The molecule has 3 aromatic rings. The van der Waals surface area contributed by atoms with Gasteiger partial charge in [-0.25, -0.2) is 9.78 Å². The van der Waals surface area contributed by atoms with Gasteiger partial charge in [0.15, 0.2) is 11.7 Å². The van der Waals surface area contributed by atoms with E-state index in [9.17, 15) is 9.59 Å². The maximum atomic E-state index is 12.2.